The lowest BCUT2D eigenvalue weighted by molar-refractivity contribution is 0.804. The Hall–Kier alpha value is -0.800. The second kappa shape index (κ2) is 4.28. The molecule has 1 aromatic rings. The van der Waals surface area contributed by atoms with Gasteiger partial charge in [-0.05, 0) is 19.1 Å². The van der Waals surface area contributed by atoms with E-state index in [9.17, 15) is 0 Å². The molecule has 1 atom stereocenters. The van der Waals surface area contributed by atoms with Crippen LogP contribution >= 0.6 is 11.6 Å². The molecule has 0 saturated carbocycles. The molecule has 1 rings (SSSR count). The number of hydrogen-bond acceptors (Lipinski definition) is 3. The fraction of sp³-hybridized carbons (Fsp3) is 0.375. The first-order valence-electron chi connectivity index (χ1n) is 3.80. The summed E-state index contributed by atoms with van der Waals surface area (Å²) in [5.41, 5.74) is 6.40. The van der Waals surface area contributed by atoms with Crippen molar-refractivity contribution in [3.05, 3.63) is 23.5 Å². The SMILES string of the molecule is CC(CN)Nc1ccnc(Cl)c1. The van der Waals surface area contributed by atoms with Crippen molar-refractivity contribution < 1.29 is 0 Å². The number of anilines is 1. The van der Waals surface area contributed by atoms with Gasteiger partial charge in [0, 0.05) is 24.5 Å². The van der Waals surface area contributed by atoms with E-state index in [-0.39, 0.29) is 6.04 Å². The van der Waals surface area contributed by atoms with Gasteiger partial charge in [0.2, 0.25) is 0 Å². The third kappa shape index (κ3) is 2.68. The van der Waals surface area contributed by atoms with Crippen molar-refractivity contribution in [3.8, 4) is 0 Å². The Morgan fingerprint density at radius 3 is 3.08 bits per heavy atom. The summed E-state index contributed by atoms with van der Waals surface area (Å²) in [4.78, 5) is 3.87. The maximum Gasteiger partial charge on any atom is 0.131 e. The fourth-order valence-electron chi connectivity index (χ4n) is 0.836. The van der Waals surface area contributed by atoms with Crippen molar-refractivity contribution in [2.45, 2.75) is 13.0 Å². The quantitative estimate of drug-likeness (QED) is 0.702. The van der Waals surface area contributed by atoms with E-state index in [2.05, 4.69) is 10.3 Å². The van der Waals surface area contributed by atoms with Gasteiger partial charge in [-0.15, -0.1) is 0 Å². The Bertz CT molecular complexity index is 252. The highest BCUT2D eigenvalue weighted by Gasteiger charge is 1.98. The summed E-state index contributed by atoms with van der Waals surface area (Å²) in [5, 5.41) is 3.67. The topological polar surface area (TPSA) is 50.9 Å². The fourth-order valence-corrected chi connectivity index (χ4v) is 1.01. The van der Waals surface area contributed by atoms with Gasteiger partial charge in [-0.1, -0.05) is 11.6 Å². The summed E-state index contributed by atoms with van der Waals surface area (Å²) in [6.45, 7) is 2.61. The Kier molecular flexibility index (Phi) is 3.31. The van der Waals surface area contributed by atoms with Crippen LogP contribution in [0.4, 0.5) is 5.69 Å². The molecule has 0 aliphatic carbocycles. The monoisotopic (exact) mass is 185 g/mol. The third-order valence-electron chi connectivity index (χ3n) is 1.49. The molecule has 4 heteroatoms. The molecule has 1 unspecified atom stereocenters. The lowest BCUT2D eigenvalue weighted by Gasteiger charge is -2.12. The molecule has 0 bridgehead atoms. The Labute approximate surface area is 76.9 Å². The summed E-state index contributed by atoms with van der Waals surface area (Å²) in [7, 11) is 0. The minimum Gasteiger partial charge on any atom is -0.381 e. The average molecular weight is 186 g/mol. The summed E-state index contributed by atoms with van der Waals surface area (Å²) in [6.07, 6.45) is 1.66. The van der Waals surface area contributed by atoms with Crippen molar-refractivity contribution >= 4 is 17.3 Å². The number of nitrogens with zero attached hydrogens (tertiary/aromatic N) is 1. The second-order valence-corrected chi connectivity index (χ2v) is 3.04. The second-order valence-electron chi connectivity index (χ2n) is 2.65. The molecule has 0 spiro atoms. The molecule has 12 heavy (non-hydrogen) atoms. The van der Waals surface area contributed by atoms with Crippen LogP contribution in [0.1, 0.15) is 6.92 Å². The largest absolute Gasteiger partial charge is 0.381 e. The van der Waals surface area contributed by atoms with E-state index in [1.54, 1.807) is 12.3 Å². The minimum absolute atomic E-state index is 0.253. The first-order valence-corrected chi connectivity index (χ1v) is 4.18. The molecule has 1 aromatic heterocycles. The van der Waals surface area contributed by atoms with Crippen molar-refractivity contribution in [2.24, 2.45) is 5.73 Å². The molecule has 0 aliphatic heterocycles. The molecule has 3 nitrogen and oxygen atoms in total. The van der Waals surface area contributed by atoms with E-state index in [4.69, 9.17) is 17.3 Å². The van der Waals surface area contributed by atoms with Crippen LogP contribution in [0.2, 0.25) is 5.15 Å². The van der Waals surface area contributed by atoms with Gasteiger partial charge in [0.05, 0.1) is 0 Å². The van der Waals surface area contributed by atoms with Crippen molar-refractivity contribution in [1.29, 1.82) is 0 Å². The Morgan fingerprint density at radius 2 is 2.50 bits per heavy atom. The Balaban J connectivity index is 2.63. The molecule has 66 valence electrons. The van der Waals surface area contributed by atoms with Crippen molar-refractivity contribution in [1.82, 2.24) is 4.98 Å². The van der Waals surface area contributed by atoms with Gasteiger partial charge in [0.1, 0.15) is 5.15 Å². The zero-order valence-corrected chi connectivity index (χ0v) is 7.67. The van der Waals surface area contributed by atoms with Gasteiger partial charge in [-0.3, -0.25) is 0 Å². The predicted molar refractivity (Wildman–Crippen MR) is 51.4 cm³/mol. The number of pyridine rings is 1. The smallest absolute Gasteiger partial charge is 0.131 e. The van der Waals surface area contributed by atoms with Crippen LogP contribution in [-0.2, 0) is 0 Å². The van der Waals surface area contributed by atoms with Crippen LogP contribution in [0.25, 0.3) is 0 Å². The molecule has 0 amide bonds. The zero-order chi connectivity index (χ0) is 8.97. The molecule has 3 N–H and O–H groups in total. The summed E-state index contributed by atoms with van der Waals surface area (Å²) in [6, 6.07) is 3.88. The molecule has 0 aromatic carbocycles. The summed E-state index contributed by atoms with van der Waals surface area (Å²) in [5.74, 6) is 0. The maximum absolute atomic E-state index is 5.69. The third-order valence-corrected chi connectivity index (χ3v) is 1.70. The first kappa shape index (κ1) is 9.29. The van der Waals surface area contributed by atoms with Crippen molar-refractivity contribution in [2.75, 3.05) is 11.9 Å². The van der Waals surface area contributed by atoms with E-state index in [0.29, 0.717) is 11.7 Å². The summed E-state index contributed by atoms with van der Waals surface area (Å²) < 4.78 is 0. The molecular weight excluding hydrogens is 174 g/mol. The highest BCUT2D eigenvalue weighted by molar-refractivity contribution is 6.29. The number of nitrogens with one attached hydrogen (secondary N) is 1. The predicted octanol–water partition coefficient (Wildman–Crippen LogP) is 1.49. The number of hydrogen-bond donors (Lipinski definition) is 2. The summed E-state index contributed by atoms with van der Waals surface area (Å²) >= 11 is 5.69. The lowest BCUT2D eigenvalue weighted by Crippen LogP contribution is -2.25. The van der Waals surface area contributed by atoms with Gasteiger partial charge < -0.3 is 11.1 Å². The maximum atomic E-state index is 5.69. The molecular formula is C8H12ClN3. The average Bonchev–Trinajstić information content (AvgIpc) is 2.04. The highest BCUT2D eigenvalue weighted by Crippen LogP contribution is 2.12. The van der Waals surface area contributed by atoms with Crippen molar-refractivity contribution in [3.63, 3.8) is 0 Å². The highest BCUT2D eigenvalue weighted by atomic mass is 35.5. The Morgan fingerprint density at radius 1 is 1.75 bits per heavy atom. The normalized spacial score (nSPS) is 12.6. The number of nitrogens with two attached hydrogens (primary N) is 1. The van der Waals surface area contributed by atoms with Gasteiger partial charge in [0.25, 0.3) is 0 Å². The lowest BCUT2D eigenvalue weighted by atomic mass is 10.3. The molecule has 0 aliphatic rings. The minimum atomic E-state index is 0.253. The molecule has 0 fully saturated rings. The van der Waals surface area contributed by atoms with Crippen LogP contribution < -0.4 is 11.1 Å². The van der Waals surface area contributed by atoms with E-state index in [1.165, 1.54) is 0 Å². The van der Waals surface area contributed by atoms with Crippen LogP contribution in [0, 0.1) is 0 Å². The number of aromatic nitrogens is 1. The number of halogens is 1. The van der Waals surface area contributed by atoms with Gasteiger partial charge >= 0.3 is 0 Å². The van der Waals surface area contributed by atoms with Gasteiger partial charge in [-0.2, -0.15) is 0 Å². The van der Waals surface area contributed by atoms with E-state index < -0.39 is 0 Å². The molecule has 0 saturated heterocycles. The standard InChI is InChI=1S/C8H12ClN3/c1-6(5-10)12-7-2-3-11-8(9)4-7/h2-4,6H,5,10H2,1H3,(H,11,12). The molecule has 0 radical (unpaired) electrons. The van der Waals surface area contributed by atoms with Gasteiger partial charge in [-0.25, -0.2) is 4.98 Å². The van der Waals surface area contributed by atoms with E-state index in [0.717, 1.165) is 5.69 Å². The van der Waals surface area contributed by atoms with Crippen LogP contribution in [0.15, 0.2) is 18.3 Å². The van der Waals surface area contributed by atoms with Crippen LogP contribution in [-0.4, -0.2) is 17.6 Å². The van der Waals surface area contributed by atoms with Crippen LogP contribution in [0.3, 0.4) is 0 Å². The van der Waals surface area contributed by atoms with E-state index >= 15 is 0 Å². The number of rotatable bonds is 3. The first-order chi connectivity index (χ1) is 5.72. The van der Waals surface area contributed by atoms with Gasteiger partial charge in [0.15, 0.2) is 0 Å². The van der Waals surface area contributed by atoms with E-state index in [1.807, 2.05) is 13.0 Å². The van der Waals surface area contributed by atoms with Crippen LogP contribution in [0.5, 0.6) is 0 Å². The molecule has 1 heterocycles. The zero-order valence-electron chi connectivity index (χ0n) is 6.92.